The van der Waals surface area contributed by atoms with E-state index in [9.17, 15) is 4.79 Å². The number of aryl methyl sites for hydroxylation is 1. The van der Waals surface area contributed by atoms with Crippen LogP contribution in [-0.4, -0.2) is 22.0 Å². The number of nitrogens with zero attached hydrogens (tertiary/aromatic N) is 3. The number of carbonyl (C=O) groups excluding carboxylic acids is 1. The molecule has 0 spiro atoms. The first-order valence-electron chi connectivity index (χ1n) is 9.14. The Morgan fingerprint density at radius 3 is 2.52 bits per heavy atom. The van der Waals surface area contributed by atoms with Crippen LogP contribution < -0.4 is 15.4 Å². The summed E-state index contributed by atoms with van der Waals surface area (Å²) in [6.45, 7) is 5.62. The highest BCUT2D eigenvalue weighted by Crippen LogP contribution is 2.19. The average molecular weight is 387 g/mol. The van der Waals surface area contributed by atoms with Gasteiger partial charge in [0.1, 0.15) is 23.1 Å². The standard InChI is InChI=1S/C22H21N5O2/c1-14(2)29-19-9-7-17(8-10-19)27-22(28)20-12-21(25-15(3)24-20)26-18-6-4-5-16(11-18)13-23/h4-12,14H,1-3H3,(H,27,28)(H,24,25,26). The largest absolute Gasteiger partial charge is 0.491 e. The molecule has 3 rings (SSSR count). The van der Waals surface area contributed by atoms with Crippen molar-refractivity contribution in [3.8, 4) is 11.8 Å². The molecule has 146 valence electrons. The number of benzene rings is 2. The molecule has 0 aliphatic rings. The third-order valence-electron chi connectivity index (χ3n) is 3.82. The third kappa shape index (κ3) is 5.53. The molecule has 29 heavy (non-hydrogen) atoms. The fourth-order valence-electron chi connectivity index (χ4n) is 2.65. The van der Waals surface area contributed by atoms with E-state index in [0.717, 1.165) is 5.75 Å². The first kappa shape index (κ1) is 19.8. The second-order valence-corrected chi connectivity index (χ2v) is 6.65. The van der Waals surface area contributed by atoms with Crippen LogP contribution in [0.4, 0.5) is 17.2 Å². The van der Waals surface area contributed by atoms with Gasteiger partial charge < -0.3 is 15.4 Å². The van der Waals surface area contributed by atoms with Crippen molar-refractivity contribution in [3.05, 3.63) is 71.7 Å². The van der Waals surface area contributed by atoms with Gasteiger partial charge in [0, 0.05) is 17.4 Å². The molecule has 0 aliphatic heterocycles. The van der Waals surface area contributed by atoms with Crippen molar-refractivity contribution in [3.63, 3.8) is 0 Å². The maximum Gasteiger partial charge on any atom is 0.274 e. The monoisotopic (exact) mass is 387 g/mol. The SMILES string of the molecule is Cc1nc(Nc2cccc(C#N)c2)cc(C(=O)Nc2ccc(OC(C)C)cc2)n1. The first-order chi connectivity index (χ1) is 13.9. The zero-order valence-corrected chi connectivity index (χ0v) is 16.4. The van der Waals surface area contributed by atoms with Gasteiger partial charge in [-0.15, -0.1) is 0 Å². The van der Waals surface area contributed by atoms with Gasteiger partial charge in [-0.3, -0.25) is 4.79 Å². The predicted octanol–water partition coefficient (Wildman–Crippen LogP) is 4.44. The molecule has 0 unspecified atom stereocenters. The van der Waals surface area contributed by atoms with Gasteiger partial charge in [-0.1, -0.05) is 6.07 Å². The first-order valence-corrected chi connectivity index (χ1v) is 9.14. The average Bonchev–Trinajstić information content (AvgIpc) is 2.68. The molecule has 0 saturated carbocycles. The quantitative estimate of drug-likeness (QED) is 0.649. The molecule has 1 aromatic heterocycles. The number of hydrogen-bond acceptors (Lipinski definition) is 6. The molecule has 0 fully saturated rings. The van der Waals surface area contributed by atoms with Crippen LogP contribution in [0.2, 0.25) is 0 Å². The van der Waals surface area contributed by atoms with E-state index in [1.165, 1.54) is 0 Å². The van der Waals surface area contributed by atoms with Crippen LogP contribution in [0.3, 0.4) is 0 Å². The number of nitrogens with one attached hydrogen (secondary N) is 2. The van der Waals surface area contributed by atoms with Crippen molar-refractivity contribution in [1.29, 1.82) is 5.26 Å². The van der Waals surface area contributed by atoms with Gasteiger partial charge in [0.15, 0.2) is 0 Å². The molecular formula is C22H21N5O2. The highest BCUT2D eigenvalue weighted by atomic mass is 16.5. The molecule has 1 amide bonds. The van der Waals surface area contributed by atoms with Gasteiger partial charge in [-0.25, -0.2) is 9.97 Å². The number of anilines is 3. The van der Waals surface area contributed by atoms with E-state index in [1.54, 1.807) is 55.5 Å². The van der Waals surface area contributed by atoms with E-state index in [0.29, 0.717) is 28.6 Å². The summed E-state index contributed by atoms with van der Waals surface area (Å²) >= 11 is 0. The van der Waals surface area contributed by atoms with Crippen LogP contribution in [0.15, 0.2) is 54.6 Å². The fraction of sp³-hybridized carbons (Fsp3) is 0.182. The van der Waals surface area contributed by atoms with Crippen LogP contribution in [0.5, 0.6) is 5.75 Å². The molecule has 1 heterocycles. The Bertz CT molecular complexity index is 1060. The highest BCUT2D eigenvalue weighted by molar-refractivity contribution is 6.03. The zero-order valence-electron chi connectivity index (χ0n) is 16.4. The predicted molar refractivity (Wildman–Crippen MR) is 111 cm³/mol. The number of carbonyl (C=O) groups is 1. The van der Waals surface area contributed by atoms with Crippen LogP contribution in [0.1, 0.15) is 35.7 Å². The summed E-state index contributed by atoms with van der Waals surface area (Å²) in [7, 11) is 0. The minimum absolute atomic E-state index is 0.0826. The fourth-order valence-corrected chi connectivity index (χ4v) is 2.65. The lowest BCUT2D eigenvalue weighted by molar-refractivity contribution is 0.102. The Balaban J connectivity index is 1.74. The van der Waals surface area contributed by atoms with Crippen molar-refractivity contribution >= 4 is 23.1 Å². The topological polar surface area (TPSA) is 99.9 Å². The van der Waals surface area contributed by atoms with Gasteiger partial charge in [-0.2, -0.15) is 5.26 Å². The number of rotatable bonds is 6. The summed E-state index contributed by atoms with van der Waals surface area (Å²) < 4.78 is 5.60. The van der Waals surface area contributed by atoms with Crippen molar-refractivity contribution in [1.82, 2.24) is 9.97 Å². The van der Waals surface area contributed by atoms with Crippen LogP contribution >= 0.6 is 0 Å². The Morgan fingerprint density at radius 2 is 1.83 bits per heavy atom. The van der Waals surface area contributed by atoms with Gasteiger partial charge >= 0.3 is 0 Å². The molecular weight excluding hydrogens is 366 g/mol. The van der Waals surface area contributed by atoms with Crippen molar-refractivity contribution in [2.24, 2.45) is 0 Å². The number of nitriles is 1. The van der Waals surface area contributed by atoms with Crippen LogP contribution in [0.25, 0.3) is 0 Å². The van der Waals surface area contributed by atoms with Crippen molar-refractivity contribution < 1.29 is 9.53 Å². The van der Waals surface area contributed by atoms with E-state index in [2.05, 4.69) is 26.7 Å². The normalized spacial score (nSPS) is 10.3. The van der Waals surface area contributed by atoms with Crippen molar-refractivity contribution in [2.45, 2.75) is 26.9 Å². The van der Waals surface area contributed by atoms with E-state index < -0.39 is 0 Å². The summed E-state index contributed by atoms with van der Waals surface area (Å²) in [6.07, 6.45) is 0.0826. The smallest absolute Gasteiger partial charge is 0.274 e. The summed E-state index contributed by atoms with van der Waals surface area (Å²) in [5, 5.41) is 15.0. The lowest BCUT2D eigenvalue weighted by atomic mass is 10.2. The Labute approximate surface area is 169 Å². The minimum Gasteiger partial charge on any atom is -0.491 e. The Morgan fingerprint density at radius 1 is 1.07 bits per heavy atom. The second-order valence-electron chi connectivity index (χ2n) is 6.65. The molecule has 0 saturated heterocycles. The number of hydrogen-bond donors (Lipinski definition) is 2. The molecule has 7 heteroatoms. The van der Waals surface area contributed by atoms with Crippen LogP contribution in [-0.2, 0) is 0 Å². The summed E-state index contributed by atoms with van der Waals surface area (Å²) in [5.41, 5.74) is 2.11. The van der Waals surface area contributed by atoms with Gasteiger partial charge in [-0.05, 0) is 63.2 Å². The molecule has 2 aromatic carbocycles. The minimum atomic E-state index is -0.346. The van der Waals surface area contributed by atoms with E-state index in [4.69, 9.17) is 10.00 Å². The summed E-state index contributed by atoms with van der Waals surface area (Å²) in [4.78, 5) is 21.2. The number of ether oxygens (including phenoxy) is 1. The number of aromatic nitrogens is 2. The van der Waals surface area contributed by atoms with E-state index in [-0.39, 0.29) is 17.7 Å². The lowest BCUT2D eigenvalue weighted by Gasteiger charge is -2.11. The van der Waals surface area contributed by atoms with Gasteiger partial charge in [0.25, 0.3) is 5.91 Å². The van der Waals surface area contributed by atoms with E-state index >= 15 is 0 Å². The lowest BCUT2D eigenvalue weighted by Crippen LogP contribution is -2.15. The van der Waals surface area contributed by atoms with Crippen molar-refractivity contribution in [2.75, 3.05) is 10.6 Å². The van der Waals surface area contributed by atoms with Gasteiger partial charge in [0.05, 0.1) is 17.7 Å². The molecule has 3 aromatic rings. The molecule has 0 aliphatic carbocycles. The molecule has 0 radical (unpaired) electrons. The van der Waals surface area contributed by atoms with E-state index in [1.807, 2.05) is 19.9 Å². The maximum absolute atomic E-state index is 12.6. The molecule has 7 nitrogen and oxygen atoms in total. The molecule has 0 atom stereocenters. The van der Waals surface area contributed by atoms with Crippen LogP contribution in [0, 0.1) is 18.3 Å². The Hall–Kier alpha value is -3.92. The molecule has 0 bridgehead atoms. The van der Waals surface area contributed by atoms with Gasteiger partial charge in [0.2, 0.25) is 0 Å². The maximum atomic E-state index is 12.6. The summed E-state index contributed by atoms with van der Waals surface area (Å²) in [6, 6.07) is 17.8. The Kier molecular flexibility index (Phi) is 6.05. The highest BCUT2D eigenvalue weighted by Gasteiger charge is 2.12. The second kappa shape index (κ2) is 8.85. The third-order valence-corrected chi connectivity index (χ3v) is 3.82. The zero-order chi connectivity index (χ0) is 20.8. The molecule has 2 N–H and O–H groups in total. The number of amides is 1. The summed E-state index contributed by atoms with van der Waals surface area (Å²) in [5.74, 6) is 1.32.